The van der Waals surface area contributed by atoms with Gasteiger partial charge in [-0.1, -0.05) is 0 Å². The summed E-state index contributed by atoms with van der Waals surface area (Å²) >= 11 is 0. The molecule has 1 fully saturated rings. The van der Waals surface area contributed by atoms with E-state index in [1.807, 2.05) is 0 Å². The smallest absolute Gasteiger partial charge is 0.275 e. The highest BCUT2D eigenvalue weighted by Crippen LogP contribution is 2.01. The molecule has 1 heterocycles. The van der Waals surface area contributed by atoms with Gasteiger partial charge in [-0.05, 0) is 0 Å². The highest BCUT2D eigenvalue weighted by atomic mass is 16.9. The average molecular weight is 254 g/mol. The maximum absolute atomic E-state index is 4.96. The maximum Gasteiger partial charge on any atom is 0.275 e. The Balaban J connectivity index is 0.000000354. The minimum absolute atomic E-state index is 0.764. The summed E-state index contributed by atoms with van der Waals surface area (Å²) in [6.45, 7) is 1.58. The third-order valence-corrected chi connectivity index (χ3v) is 1.74. The third kappa shape index (κ3) is 9.42. The van der Waals surface area contributed by atoms with Crippen molar-refractivity contribution in [2.45, 2.75) is 13.0 Å². The lowest BCUT2D eigenvalue weighted by Crippen LogP contribution is -2.27. The topological polar surface area (TPSA) is 64.6 Å². The molecule has 1 aliphatic rings. The van der Waals surface area contributed by atoms with Crippen LogP contribution in [0.3, 0.4) is 0 Å². The molecule has 0 aliphatic carbocycles. The van der Waals surface area contributed by atoms with Gasteiger partial charge in [-0.25, -0.2) is 0 Å². The predicted octanol–water partition coefficient (Wildman–Crippen LogP) is 0.189. The van der Waals surface area contributed by atoms with Crippen molar-refractivity contribution < 1.29 is 33.2 Å². The van der Waals surface area contributed by atoms with Crippen molar-refractivity contribution in [2.75, 3.05) is 54.9 Å². The van der Waals surface area contributed by atoms with Crippen LogP contribution < -0.4 is 0 Å². The summed E-state index contributed by atoms with van der Waals surface area (Å²) in [5, 5.41) is 0. The Hall–Kier alpha value is -0.280. The predicted molar refractivity (Wildman–Crippen MR) is 58.3 cm³/mol. The van der Waals surface area contributed by atoms with Gasteiger partial charge in [-0.2, -0.15) is 0 Å². The van der Waals surface area contributed by atoms with E-state index in [-0.39, 0.29) is 0 Å². The van der Waals surface area contributed by atoms with Crippen molar-refractivity contribution in [2.24, 2.45) is 0 Å². The summed E-state index contributed by atoms with van der Waals surface area (Å²) in [6.07, 6.45) is 0. The molecule has 0 bridgehead atoms. The molecule has 0 amide bonds. The zero-order valence-electron chi connectivity index (χ0n) is 10.8. The Morgan fingerprint density at radius 3 is 1.12 bits per heavy atom. The Bertz CT molecular complexity index is 122. The largest absolute Gasteiger partial charge is 0.377 e. The van der Waals surface area contributed by atoms with Gasteiger partial charge in [-0.3, -0.25) is 4.74 Å². The van der Waals surface area contributed by atoms with Gasteiger partial charge in [0, 0.05) is 28.4 Å². The van der Waals surface area contributed by atoms with E-state index in [2.05, 4.69) is 0 Å². The van der Waals surface area contributed by atoms with E-state index < -0.39 is 13.0 Å². The van der Waals surface area contributed by atoms with Crippen molar-refractivity contribution in [1.29, 1.82) is 0 Å². The van der Waals surface area contributed by atoms with Crippen LogP contribution in [0, 0.1) is 0 Å². The molecule has 0 unspecified atom stereocenters. The van der Waals surface area contributed by atoms with Crippen LogP contribution in [0.5, 0.6) is 0 Å². The minimum Gasteiger partial charge on any atom is -0.377 e. The summed E-state index contributed by atoms with van der Waals surface area (Å²) in [6, 6.07) is 0. The molecule has 104 valence electrons. The fourth-order valence-corrected chi connectivity index (χ4v) is 0.945. The van der Waals surface area contributed by atoms with Gasteiger partial charge in [0.05, 0.1) is 26.4 Å². The normalized spacial score (nSPS) is 15.9. The van der Waals surface area contributed by atoms with Gasteiger partial charge < -0.3 is 28.4 Å². The minimum atomic E-state index is -0.764. The summed E-state index contributed by atoms with van der Waals surface area (Å²) in [5.74, 6) is 0. The number of hydrogen-bond acceptors (Lipinski definition) is 7. The Morgan fingerprint density at radius 2 is 0.941 bits per heavy atom. The van der Waals surface area contributed by atoms with E-state index in [9.17, 15) is 0 Å². The zero-order chi connectivity index (χ0) is 12.9. The highest BCUT2D eigenvalue weighted by Gasteiger charge is 2.13. The van der Waals surface area contributed by atoms with Crippen molar-refractivity contribution in [3.8, 4) is 0 Å². The molecule has 0 aromatic carbocycles. The Morgan fingerprint density at radius 1 is 0.647 bits per heavy atom. The molecule has 1 saturated heterocycles. The molecule has 0 saturated carbocycles. The van der Waals surface area contributed by atoms with E-state index >= 15 is 0 Å². The van der Waals surface area contributed by atoms with Crippen LogP contribution in [0.25, 0.3) is 0 Å². The van der Waals surface area contributed by atoms with Gasteiger partial charge in [0.15, 0.2) is 0 Å². The van der Waals surface area contributed by atoms with E-state index in [4.69, 9.17) is 33.2 Å². The zero-order valence-corrected chi connectivity index (χ0v) is 10.8. The quantitative estimate of drug-likeness (QED) is 0.627. The molecular formula is C10H22O7. The van der Waals surface area contributed by atoms with Crippen LogP contribution in [-0.4, -0.2) is 67.8 Å². The fourth-order valence-electron chi connectivity index (χ4n) is 0.945. The monoisotopic (exact) mass is 254 g/mol. The summed E-state index contributed by atoms with van der Waals surface area (Å²) in [5.41, 5.74) is 0. The first-order valence-electron chi connectivity index (χ1n) is 5.20. The van der Waals surface area contributed by atoms with Gasteiger partial charge in [-0.15, -0.1) is 0 Å². The summed E-state index contributed by atoms with van der Waals surface area (Å²) in [7, 11) is 5.82. The number of methoxy groups -OCH3 is 4. The molecule has 7 nitrogen and oxygen atoms in total. The maximum atomic E-state index is 4.96. The number of hydrogen-bond donors (Lipinski definition) is 0. The van der Waals surface area contributed by atoms with E-state index in [1.165, 1.54) is 28.4 Å². The fraction of sp³-hybridized carbons (Fsp3) is 1.00. The molecule has 7 heteroatoms. The van der Waals surface area contributed by atoms with E-state index in [0.717, 1.165) is 26.4 Å². The third-order valence-electron chi connectivity index (χ3n) is 1.74. The van der Waals surface area contributed by atoms with Gasteiger partial charge in [0.2, 0.25) is 0 Å². The van der Waals surface area contributed by atoms with Crippen LogP contribution >= 0.6 is 0 Å². The van der Waals surface area contributed by atoms with Gasteiger partial charge >= 0.3 is 0 Å². The molecular weight excluding hydrogens is 232 g/mol. The Labute approximate surface area is 102 Å². The molecule has 0 atom stereocenters. The van der Waals surface area contributed by atoms with Crippen molar-refractivity contribution in [1.82, 2.24) is 0 Å². The van der Waals surface area contributed by atoms with Crippen molar-refractivity contribution >= 4 is 0 Å². The lowest BCUT2D eigenvalue weighted by Gasteiger charge is -2.19. The molecule has 17 heavy (non-hydrogen) atoms. The highest BCUT2D eigenvalue weighted by molar-refractivity contribution is 4.37. The average Bonchev–Trinajstić information content (AvgIpc) is 2.43. The number of ether oxygens (including phenoxy) is 7. The molecule has 1 aliphatic heterocycles. The molecule has 1 rings (SSSR count). The van der Waals surface area contributed by atoms with Crippen LogP contribution in [0.15, 0.2) is 0 Å². The summed E-state index contributed by atoms with van der Waals surface area (Å²) < 4.78 is 33.8. The molecule has 0 spiro atoms. The van der Waals surface area contributed by atoms with Gasteiger partial charge in [0.1, 0.15) is 0 Å². The second-order valence-corrected chi connectivity index (χ2v) is 2.88. The summed E-state index contributed by atoms with van der Waals surface area (Å²) in [4.78, 5) is 0. The lowest BCUT2D eigenvalue weighted by molar-refractivity contribution is -0.378. The first-order valence-corrected chi connectivity index (χ1v) is 5.20. The number of rotatable bonds is 6. The second kappa shape index (κ2) is 12.2. The second-order valence-electron chi connectivity index (χ2n) is 2.88. The molecule has 0 aromatic rings. The van der Waals surface area contributed by atoms with Crippen LogP contribution in [0.4, 0.5) is 0 Å². The van der Waals surface area contributed by atoms with Crippen LogP contribution in [-0.2, 0) is 33.2 Å². The first kappa shape index (κ1) is 16.7. The van der Waals surface area contributed by atoms with E-state index in [1.54, 1.807) is 0 Å². The Kier molecular flexibility index (Phi) is 12.0. The van der Waals surface area contributed by atoms with Crippen LogP contribution in [0.2, 0.25) is 0 Å². The lowest BCUT2D eigenvalue weighted by atomic mass is 10.6. The van der Waals surface area contributed by atoms with Crippen molar-refractivity contribution in [3.63, 3.8) is 0 Å². The molecule has 0 radical (unpaired) electrons. The molecule has 0 N–H and O–H groups in total. The van der Waals surface area contributed by atoms with Crippen molar-refractivity contribution in [3.05, 3.63) is 0 Å². The van der Waals surface area contributed by atoms with Gasteiger partial charge in [0.25, 0.3) is 13.0 Å². The molecule has 0 aromatic heterocycles. The van der Waals surface area contributed by atoms with E-state index in [0.29, 0.717) is 0 Å². The van der Waals surface area contributed by atoms with Crippen LogP contribution in [0.1, 0.15) is 0 Å². The standard InChI is InChI=1S/C6H14O5.C4H8O2/c1-7-5(8-2)11-6(9-3)10-4;1-2-6-4-3-5-1/h5-6H,1-4H3;1-4H2. The first-order chi connectivity index (χ1) is 8.28. The SMILES string of the molecule is C1COCCO1.COC(OC)OC(OC)OC.